The zero-order chi connectivity index (χ0) is 58.3. The summed E-state index contributed by atoms with van der Waals surface area (Å²) in [4.78, 5) is 17.7. The molecular weight excluding hydrogens is 1310 g/mol. The van der Waals surface area contributed by atoms with Gasteiger partial charge in [0.25, 0.3) is 0 Å². The van der Waals surface area contributed by atoms with Crippen molar-refractivity contribution in [1.82, 2.24) is 19.9 Å². The van der Waals surface area contributed by atoms with Crippen LogP contribution < -0.4 is 10.4 Å². The molecule has 0 saturated heterocycles. The Morgan fingerprint density at radius 3 is 1.37 bits per heavy atom. The molecule has 0 aliphatic heterocycles. The second-order valence-electron chi connectivity index (χ2n) is 22.9. The van der Waals surface area contributed by atoms with Gasteiger partial charge in [-0.2, -0.15) is 0 Å². The van der Waals surface area contributed by atoms with Crippen LogP contribution in [0.5, 0.6) is 0 Å². The fourth-order valence-corrected chi connectivity index (χ4v) is 15.4. The Balaban J connectivity index is 0.000000172. The van der Waals surface area contributed by atoms with Crippen molar-refractivity contribution < 1.29 is 51.2 Å². The number of hydrogen-bond acceptors (Lipinski definition) is 4. The van der Waals surface area contributed by atoms with E-state index in [-0.39, 0.29) is 88.6 Å². The molecule has 0 unspecified atom stereocenters. The number of aromatic nitrogens is 4. The number of rotatable bonds is 10. The molecule has 0 amide bonds. The standard InChI is InChI=1S/C25H32NSi.C21H28NSi.2C11H8N.2Ir/c1-27(2,3)25-16-26-24(19-7-5-4-6-8-19)15-22(25)14-23-20-10-17-9-18(12-20)13-21(23)11-17;1-23(2,3)21-16-22-20(18-12-8-5-9-13-18)15-19(21)14-17-10-6-4-7-11-17;2*1-2-6-10(7-3-1)11-8-4-5-9-12-11;;/h4-7,15-18,20-21,23H,9-14H2,1-3H3;5,8-9,12,15-17H,4,6-7,10-11,14H2,1-3H3;2*1-6,8-9H;;/q4*-1;;/i4D,5D,6D,7D;5D,8D,9D,12D;;;;. The fraction of sp³-hybridized carbons (Fsp3) is 0.353. The third-order valence-corrected chi connectivity index (χ3v) is 19.7. The summed E-state index contributed by atoms with van der Waals surface area (Å²) < 4.78 is 64.0. The normalized spacial score (nSPS) is 20.9. The molecule has 0 atom stereocenters. The first-order valence-corrected chi connectivity index (χ1v) is 34.0. The third kappa shape index (κ3) is 16.1. The molecule has 5 saturated carbocycles. The Bertz CT molecular complexity index is 3260. The third-order valence-electron chi connectivity index (χ3n) is 15.5. The van der Waals surface area contributed by atoms with E-state index in [1.165, 1.54) is 85.7 Å². The molecule has 4 aromatic heterocycles. The second kappa shape index (κ2) is 28.2. The Morgan fingerprint density at radius 2 is 0.947 bits per heavy atom. The van der Waals surface area contributed by atoms with Crippen LogP contribution in [0.15, 0.2) is 170 Å². The van der Waals surface area contributed by atoms with Gasteiger partial charge in [-0.15, -0.1) is 143 Å². The maximum absolute atomic E-state index is 8.35. The maximum atomic E-state index is 8.35. The molecule has 76 heavy (non-hydrogen) atoms. The summed E-state index contributed by atoms with van der Waals surface area (Å²) in [5.41, 5.74) is 8.69. The molecule has 4 bridgehead atoms. The van der Waals surface area contributed by atoms with Crippen LogP contribution in [-0.4, -0.2) is 36.1 Å². The van der Waals surface area contributed by atoms with Gasteiger partial charge in [-0.1, -0.05) is 119 Å². The average molecular weight is 1400 g/mol. The molecule has 5 aliphatic carbocycles. The van der Waals surface area contributed by atoms with Crippen molar-refractivity contribution in [2.24, 2.45) is 35.5 Å². The quantitative estimate of drug-likeness (QED) is 0.101. The first-order valence-electron chi connectivity index (χ1n) is 31.0. The Labute approximate surface area is 496 Å². The van der Waals surface area contributed by atoms with E-state index in [0.29, 0.717) is 28.4 Å². The molecule has 4 nitrogen and oxygen atoms in total. The SMILES string of the molecule is [2H]c1[c-]c(-c2cc(CC3C4CC5CC(C4)CC3C5)c([Si](C)(C)C)cn2)c([2H])c([2H])c1[2H].[2H]c1[c-]c(-c2cc(CC3CCCCC3)c([Si](C)(C)C)cn2)c([2H])c([2H])c1[2H].[Ir].[Ir].[c-]1ccccc1-c1ccccn1.[c-]1ccccc1-c1ccccn1. The first-order chi connectivity index (χ1) is 39.2. The average Bonchev–Trinajstić information content (AvgIpc) is 2.22. The summed E-state index contributed by atoms with van der Waals surface area (Å²) in [5, 5.41) is 2.75. The number of pyridine rings is 4. The van der Waals surface area contributed by atoms with E-state index in [1.54, 1.807) is 12.4 Å². The van der Waals surface area contributed by atoms with E-state index in [9.17, 15) is 0 Å². The Hall–Kier alpha value is -4.79. The molecule has 2 radical (unpaired) electrons. The molecule has 5 aliphatic rings. The van der Waals surface area contributed by atoms with E-state index >= 15 is 0 Å². The summed E-state index contributed by atoms with van der Waals surface area (Å²) >= 11 is 0. The van der Waals surface area contributed by atoms with Gasteiger partial charge in [0.1, 0.15) is 0 Å². The van der Waals surface area contributed by atoms with Crippen molar-refractivity contribution in [3.05, 3.63) is 206 Å². The topological polar surface area (TPSA) is 51.6 Å². The van der Waals surface area contributed by atoms with E-state index in [2.05, 4.69) is 95.6 Å². The minimum absolute atomic E-state index is 0. The van der Waals surface area contributed by atoms with Gasteiger partial charge in [0.15, 0.2) is 0 Å². The van der Waals surface area contributed by atoms with Crippen LogP contribution in [0, 0.1) is 59.8 Å². The first kappa shape index (κ1) is 48.3. The van der Waals surface area contributed by atoms with Crippen LogP contribution in [0.1, 0.15) is 86.3 Å². The molecule has 0 spiro atoms. The second-order valence-corrected chi connectivity index (χ2v) is 33.0. The van der Waals surface area contributed by atoms with Gasteiger partial charge in [0.2, 0.25) is 0 Å². The summed E-state index contributed by atoms with van der Waals surface area (Å²) in [6.07, 6.45) is 23.3. The number of nitrogens with zero attached hydrogens (tertiary/aromatic N) is 4. The molecule has 0 N–H and O–H groups in total. The van der Waals surface area contributed by atoms with Crippen molar-refractivity contribution >= 4 is 26.5 Å². The van der Waals surface area contributed by atoms with Gasteiger partial charge in [-0.05, 0) is 131 Å². The van der Waals surface area contributed by atoms with E-state index < -0.39 is 16.1 Å². The molecule has 4 heterocycles. The van der Waals surface area contributed by atoms with Crippen LogP contribution in [-0.2, 0) is 53.1 Å². The van der Waals surface area contributed by atoms with Crippen LogP contribution in [0.2, 0.25) is 39.3 Å². The minimum atomic E-state index is -1.60. The van der Waals surface area contributed by atoms with Gasteiger partial charge < -0.3 is 19.9 Å². The van der Waals surface area contributed by atoms with E-state index in [0.717, 1.165) is 64.9 Å². The van der Waals surface area contributed by atoms with Gasteiger partial charge in [-0.25, -0.2) is 0 Å². The van der Waals surface area contributed by atoms with Crippen molar-refractivity contribution in [1.29, 1.82) is 0 Å². The summed E-state index contributed by atoms with van der Waals surface area (Å²) in [6.45, 7) is 14.1. The Morgan fingerprint density at radius 1 is 0.487 bits per heavy atom. The van der Waals surface area contributed by atoms with E-state index in [1.807, 2.05) is 97.3 Å². The maximum Gasteiger partial charge on any atom is 0.0798 e. The van der Waals surface area contributed by atoms with Gasteiger partial charge in [0, 0.05) is 70.5 Å². The van der Waals surface area contributed by atoms with Gasteiger partial charge in [-0.3, -0.25) is 0 Å². The molecule has 13 rings (SSSR count). The van der Waals surface area contributed by atoms with Crippen LogP contribution >= 0.6 is 0 Å². The van der Waals surface area contributed by atoms with Crippen molar-refractivity contribution in [2.45, 2.75) is 116 Å². The monoisotopic (exact) mass is 1400 g/mol. The molecule has 8 heteroatoms. The van der Waals surface area contributed by atoms with Crippen LogP contribution in [0.3, 0.4) is 0 Å². The van der Waals surface area contributed by atoms with Crippen molar-refractivity contribution in [3.8, 4) is 45.0 Å². The fourth-order valence-electron chi connectivity index (χ4n) is 12.2. The smallest absolute Gasteiger partial charge is 0.0798 e. The predicted octanol–water partition coefficient (Wildman–Crippen LogP) is 16.0. The molecular formula is C68H76Ir2N4Si2-4. The minimum Gasteiger partial charge on any atom is -0.305 e. The summed E-state index contributed by atoms with van der Waals surface area (Å²) in [7, 11) is -3.15. The molecule has 8 aromatic rings. The molecule has 5 fully saturated rings. The molecule has 4 aromatic carbocycles. The van der Waals surface area contributed by atoms with E-state index in [4.69, 9.17) is 11.0 Å². The van der Waals surface area contributed by atoms with Crippen LogP contribution in [0.4, 0.5) is 0 Å². The predicted molar refractivity (Wildman–Crippen MR) is 315 cm³/mol. The van der Waals surface area contributed by atoms with Crippen LogP contribution in [0.25, 0.3) is 45.0 Å². The Kier molecular flexibility index (Phi) is 17.9. The summed E-state index contributed by atoms with van der Waals surface area (Å²) in [5.74, 6) is 5.13. The number of benzene rings is 4. The summed E-state index contributed by atoms with van der Waals surface area (Å²) in [6, 6.07) is 42.2. The zero-order valence-electron chi connectivity index (χ0n) is 53.0. The van der Waals surface area contributed by atoms with Gasteiger partial charge >= 0.3 is 0 Å². The van der Waals surface area contributed by atoms with Gasteiger partial charge in [0.05, 0.1) is 16.1 Å². The number of hydrogen-bond donors (Lipinski definition) is 0. The van der Waals surface area contributed by atoms with Crippen molar-refractivity contribution in [2.75, 3.05) is 0 Å². The van der Waals surface area contributed by atoms with Crippen molar-refractivity contribution in [3.63, 3.8) is 0 Å². The largest absolute Gasteiger partial charge is 0.305 e. The zero-order valence-corrected chi connectivity index (χ0v) is 51.7. The molecule has 398 valence electrons.